The van der Waals surface area contributed by atoms with Gasteiger partial charge in [-0.2, -0.15) is 0 Å². The summed E-state index contributed by atoms with van der Waals surface area (Å²) in [6.07, 6.45) is 1.52. The number of ether oxygens (including phenoxy) is 1. The molecule has 130 valence electrons. The van der Waals surface area contributed by atoms with Gasteiger partial charge in [0, 0.05) is 20.1 Å². The SMILES string of the molecule is CC(C)(C)OC=O.COP(=O)(CC(=O)C1CCNCC1)OC. The zero-order chi connectivity index (χ0) is 17.2. The standard InChI is InChI=1S/C9H18NO4P.C5H10O2/c1-13-15(12,14-2)7-9(11)8-3-5-10-6-4-8;1-5(2,3)7-4-6/h8,10H,3-7H2,1-2H3;4H,1-3H3. The fourth-order valence-corrected chi connectivity index (χ4v) is 2.86. The van der Waals surface area contributed by atoms with Crippen LogP contribution in [-0.2, 0) is 27.9 Å². The van der Waals surface area contributed by atoms with Crippen LogP contribution in [-0.4, -0.2) is 51.3 Å². The highest BCUT2D eigenvalue weighted by molar-refractivity contribution is 7.54. The molecule has 0 bridgehead atoms. The van der Waals surface area contributed by atoms with Crippen LogP contribution in [0.25, 0.3) is 0 Å². The smallest absolute Gasteiger partial charge is 0.337 e. The van der Waals surface area contributed by atoms with Crippen molar-refractivity contribution >= 4 is 19.9 Å². The number of Topliss-reactive ketones (excluding diaryl/α,β-unsaturated/α-hetero) is 1. The Balaban J connectivity index is 0.000000534. The van der Waals surface area contributed by atoms with Gasteiger partial charge in [0.05, 0.1) is 0 Å². The zero-order valence-electron chi connectivity index (χ0n) is 14.1. The molecule has 0 amide bonds. The van der Waals surface area contributed by atoms with Crippen LogP contribution in [0.2, 0.25) is 0 Å². The Kier molecular flexibility index (Phi) is 9.76. The largest absolute Gasteiger partial charge is 0.462 e. The fraction of sp³-hybridized carbons (Fsp3) is 0.857. The van der Waals surface area contributed by atoms with E-state index >= 15 is 0 Å². The zero-order valence-corrected chi connectivity index (χ0v) is 15.0. The number of carbonyl (C=O) groups excluding carboxylic acids is 2. The predicted molar refractivity (Wildman–Crippen MR) is 84.0 cm³/mol. The summed E-state index contributed by atoms with van der Waals surface area (Å²) in [6, 6.07) is 0. The van der Waals surface area contributed by atoms with Crippen LogP contribution in [0.5, 0.6) is 0 Å². The third-order valence-corrected chi connectivity index (χ3v) is 4.91. The Bertz CT molecular complexity index is 379. The normalized spacial score (nSPS) is 16.4. The van der Waals surface area contributed by atoms with Crippen molar-refractivity contribution in [3.05, 3.63) is 0 Å². The highest BCUT2D eigenvalue weighted by Crippen LogP contribution is 2.46. The second kappa shape index (κ2) is 10.1. The number of nitrogens with one attached hydrogen (secondary N) is 1. The molecule has 1 saturated heterocycles. The van der Waals surface area contributed by atoms with Crippen LogP contribution in [0.1, 0.15) is 33.6 Å². The lowest BCUT2D eigenvalue weighted by Gasteiger charge is -2.22. The molecule has 0 saturated carbocycles. The monoisotopic (exact) mass is 337 g/mol. The molecule has 0 aromatic rings. The molecular formula is C14H28NO6P. The summed E-state index contributed by atoms with van der Waals surface area (Å²) >= 11 is 0. The molecule has 0 spiro atoms. The molecule has 0 aliphatic carbocycles. The minimum Gasteiger partial charge on any atom is -0.462 e. The lowest BCUT2D eigenvalue weighted by molar-refractivity contribution is -0.138. The van der Waals surface area contributed by atoms with Crippen LogP contribution in [0.15, 0.2) is 0 Å². The van der Waals surface area contributed by atoms with Crippen molar-refractivity contribution in [2.75, 3.05) is 33.5 Å². The van der Waals surface area contributed by atoms with Gasteiger partial charge in [-0.05, 0) is 46.7 Å². The van der Waals surface area contributed by atoms with Crippen molar-refractivity contribution in [3.8, 4) is 0 Å². The van der Waals surface area contributed by atoms with Crippen LogP contribution in [0.4, 0.5) is 0 Å². The number of rotatable bonds is 6. The molecule has 22 heavy (non-hydrogen) atoms. The molecular weight excluding hydrogens is 309 g/mol. The van der Waals surface area contributed by atoms with Gasteiger partial charge in [-0.25, -0.2) is 0 Å². The van der Waals surface area contributed by atoms with Crippen molar-refractivity contribution in [1.29, 1.82) is 0 Å². The van der Waals surface area contributed by atoms with Gasteiger partial charge in [0.2, 0.25) is 0 Å². The average Bonchev–Trinajstić information content (AvgIpc) is 2.47. The van der Waals surface area contributed by atoms with Crippen molar-refractivity contribution in [2.24, 2.45) is 5.92 Å². The first-order valence-electron chi connectivity index (χ1n) is 7.23. The Morgan fingerprint density at radius 2 is 1.73 bits per heavy atom. The third-order valence-electron chi connectivity index (χ3n) is 3.10. The molecule has 0 unspecified atom stereocenters. The van der Waals surface area contributed by atoms with Gasteiger partial charge in [-0.15, -0.1) is 0 Å². The molecule has 1 rings (SSSR count). The van der Waals surface area contributed by atoms with Crippen LogP contribution in [0.3, 0.4) is 0 Å². The van der Waals surface area contributed by atoms with Crippen LogP contribution < -0.4 is 5.32 Å². The van der Waals surface area contributed by atoms with Gasteiger partial charge in [-0.3, -0.25) is 14.2 Å². The van der Waals surface area contributed by atoms with Gasteiger partial charge >= 0.3 is 7.60 Å². The molecule has 1 aliphatic heterocycles. The van der Waals surface area contributed by atoms with Crippen molar-refractivity contribution < 1.29 is 27.9 Å². The summed E-state index contributed by atoms with van der Waals surface area (Å²) < 4.78 is 25.8. The molecule has 0 aromatic carbocycles. The predicted octanol–water partition coefficient (Wildman–Crippen LogP) is 2.00. The fourth-order valence-electron chi connectivity index (χ4n) is 1.81. The number of carbonyl (C=O) groups is 2. The van der Waals surface area contributed by atoms with E-state index in [-0.39, 0.29) is 23.5 Å². The molecule has 0 aromatic heterocycles. The van der Waals surface area contributed by atoms with Crippen molar-refractivity contribution in [3.63, 3.8) is 0 Å². The molecule has 1 N–H and O–H groups in total. The van der Waals surface area contributed by atoms with Gasteiger partial charge in [-0.1, -0.05) is 0 Å². The second-order valence-corrected chi connectivity index (χ2v) is 8.22. The first kappa shape index (κ1) is 21.2. The van der Waals surface area contributed by atoms with E-state index in [0.29, 0.717) is 6.47 Å². The number of piperidine rings is 1. The van der Waals surface area contributed by atoms with E-state index in [1.807, 2.05) is 20.8 Å². The minimum absolute atomic E-state index is 0.00451. The third kappa shape index (κ3) is 9.30. The van der Waals surface area contributed by atoms with E-state index < -0.39 is 7.60 Å². The van der Waals surface area contributed by atoms with Crippen molar-refractivity contribution in [2.45, 2.75) is 39.2 Å². The first-order valence-corrected chi connectivity index (χ1v) is 8.95. The average molecular weight is 337 g/mol. The molecule has 1 heterocycles. The lowest BCUT2D eigenvalue weighted by atomic mass is 9.94. The summed E-state index contributed by atoms with van der Waals surface area (Å²) in [6.45, 7) is 7.62. The molecule has 0 radical (unpaired) electrons. The summed E-state index contributed by atoms with van der Waals surface area (Å²) in [5.74, 6) is -0.00610. The van der Waals surface area contributed by atoms with E-state index in [1.54, 1.807) is 0 Å². The highest BCUT2D eigenvalue weighted by atomic mass is 31.2. The molecule has 1 fully saturated rings. The topological polar surface area (TPSA) is 90.9 Å². The van der Waals surface area contributed by atoms with Crippen LogP contribution in [0, 0.1) is 5.92 Å². The van der Waals surface area contributed by atoms with E-state index in [4.69, 9.17) is 9.05 Å². The number of hydrogen-bond acceptors (Lipinski definition) is 7. The summed E-state index contributed by atoms with van der Waals surface area (Å²) in [7, 11) is -0.563. The molecule has 7 nitrogen and oxygen atoms in total. The first-order chi connectivity index (χ1) is 10.2. The van der Waals surface area contributed by atoms with Gasteiger partial charge < -0.3 is 19.1 Å². The van der Waals surface area contributed by atoms with Gasteiger partial charge in [0.1, 0.15) is 17.5 Å². The Morgan fingerprint density at radius 3 is 2.05 bits per heavy atom. The highest BCUT2D eigenvalue weighted by Gasteiger charge is 2.30. The lowest BCUT2D eigenvalue weighted by Crippen LogP contribution is -2.33. The Labute approximate surface area is 132 Å². The quantitative estimate of drug-likeness (QED) is 0.585. The number of hydrogen-bond donors (Lipinski definition) is 1. The van der Waals surface area contributed by atoms with Gasteiger partial charge in [0.25, 0.3) is 6.47 Å². The minimum atomic E-state index is -3.17. The Hall–Kier alpha value is -0.750. The maximum atomic E-state index is 11.8. The second-order valence-electron chi connectivity index (χ2n) is 5.95. The van der Waals surface area contributed by atoms with Crippen LogP contribution >= 0.6 is 7.60 Å². The van der Waals surface area contributed by atoms with E-state index in [0.717, 1.165) is 25.9 Å². The maximum Gasteiger partial charge on any atom is 0.337 e. The summed E-state index contributed by atoms with van der Waals surface area (Å²) in [5, 5.41) is 3.18. The molecule has 1 aliphatic rings. The van der Waals surface area contributed by atoms with E-state index in [1.165, 1.54) is 14.2 Å². The van der Waals surface area contributed by atoms with E-state index in [9.17, 15) is 14.2 Å². The molecule has 8 heteroatoms. The maximum absolute atomic E-state index is 11.8. The van der Waals surface area contributed by atoms with Gasteiger partial charge in [0.15, 0.2) is 0 Å². The number of ketones is 1. The molecule has 0 atom stereocenters. The Morgan fingerprint density at radius 1 is 1.23 bits per heavy atom. The summed E-state index contributed by atoms with van der Waals surface area (Å²) in [4.78, 5) is 21.4. The van der Waals surface area contributed by atoms with Crippen molar-refractivity contribution in [1.82, 2.24) is 5.32 Å². The van der Waals surface area contributed by atoms with E-state index in [2.05, 4.69) is 10.1 Å². The summed E-state index contributed by atoms with van der Waals surface area (Å²) in [5.41, 5.74) is -0.318.